The van der Waals surface area contributed by atoms with Crippen molar-refractivity contribution in [2.75, 3.05) is 42.7 Å². The first-order chi connectivity index (χ1) is 17.8. The van der Waals surface area contributed by atoms with Crippen molar-refractivity contribution in [1.29, 1.82) is 5.26 Å². The van der Waals surface area contributed by atoms with Crippen LogP contribution in [0, 0.1) is 11.3 Å². The van der Waals surface area contributed by atoms with Gasteiger partial charge in [0.25, 0.3) is 0 Å². The number of carbonyl (C=O) groups is 2. The van der Waals surface area contributed by atoms with Gasteiger partial charge in [0.2, 0.25) is 17.4 Å². The van der Waals surface area contributed by atoms with Crippen LogP contribution < -0.4 is 29.4 Å². The van der Waals surface area contributed by atoms with Gasteiger partial charge >= 0.3 is 5.97 Å². The minimum atomic E-state index is -1.15. The number of benzene rings is 2. The molecule has 0 spiro atoms. The van der Waals surface area contributed by atoms with E-state index < -0.39 is 23.4 Å². The van der Waals surface area contributed by atoms with Gasteiger partial charge in [-0.25, -0.2) is 4.79 Å². The summed E-state index contributed by atoms with van der Waals surface area (Å²) in [6.45, 7) is 0. The Hall–Kier alpha value is -4.85. The van der Waals surface area contributed by atoms with Crippen LogP contribution in [-0.4, -0.2) is 54.4 Å². The Balaban J connectivity index is 2.36. The topological polar surface area (TPSA) is 149 Å². The molecule has 0 saturated carbocycles. The van der Waals surface area contributed by atoms with Crippen molar-refractivity contribution in [3.05, 3.63) is 64.2 Å². The normalized spacial score (nSPS) is 14.8. The molecule has 11 nitrogen and oxygen atoms in total. The number of hydrogen-bond donors (Lipinski definition) is 1. The van der Waals surface area contributed by atoms with E-state index in [1.165, 1.54) is 53.7 Å². The molecule has 37 heavy (non-hydrogen) atoms. The second kappa shape index (κ2) is 11.3. The summed E-state index contributed by atoms with van der Waals surface area (Å²) < 4.78 is 37.2. The summed E-state index contributed by atoms with van der Waals surface area (Å²) in [5, 5.41) is 10.0. The van der Waals surface area contributed by atoms with Crippen LogP contribution in [0.15, 0.2) is 53.1 Å². The van der Waals surface area contributed by atoms with Crippen LogP contribution in [0.4, 0.5) is 0 Å². The predicted octanol–water partition coefficient (Wildman–Crippen LogP) is 2.85. The largest absolute Gasteiger partial charge is 0.493 e. The molecule has 194 valence electrons. The van der Waals surface area contributed by atoms with Gasteiger partial charge in [0, 0.05) is 5.56 Å². The molecular weight excluding hydrogens is 484 g/mol. The van der Waals surface area contributed by atoms with Crippen LogP contribution in [0.2, 0.25) is 0 Å². The molecule has 0 bridgehead atoms. The van der Waals surface area contributed by atoms with Gasteiger partial charge in [-0.1, -0.05) is 0 Å². The molecule has 1 heterocycles. The summed E-state index contributed by atoms with van der Waals surface area (Å²) in [5.74, 6) is -2.07. The van der Waals surface area contributed by atoms with Crippen LogP contribution >= 0.6 is 0 Å². The Morgan fingerprint density at radius 1 is 0.865 bits per heavy atom. The smallest absolute Gasteiger partial charge is 0.374 e. The Kier molecular flexibility index (Phi) is 8.14. The maximum absolute atomic E-state index is 14.0. The first-order valence-electron chi connectivity index (χ1n) is 10.8. The number of nitriles is 1. The zero-order valence-electron chi connectivity index (χ0n) is 21.2. The highest BCUT2D eigenvalue weighted by molar-refractivity contribution is 6.14. The van der Waals surface area contributed by atoms with E-state index in [9.17, 15) is 14.9 Å². The number of rotatable bonds is 9. The van der Waals surface area contributed by atoms with E-state index in [-0.39, 0.29) is 39.8 Å². The highest BCUT2D eigenvalue weighted by atomic mass is 16.6. The number of ketones is 1. The van der Waals surface area contributed by atoms with Gasteiger partial charge in [-0.3, -0.25) is 4.79 Å². The molecule has 11 heteroatoms. The number of esters is 1. The molecule has 0 aromatic heterocycles. The third kappa shape index (κ3) is 4.81. The van der Waals surface area contributed by atoms with E-state index in [0.29, 0.717) is 17.1 Å². The number of ether oxygens (including phenoxy) is 7. The minimum Gasteiger partial charge on any atom is -0.493 e. The van der Waals surface area contributed by atoms with E-state index >= 15 is 0 Å². The minimum absolute atomic E-state index is 0.106. The summed E-state index contributed by atoms with van der Waals surface area (Å²) in [4.78, 5) is 26.7. The molecule has 0 fully saturated rings. The third-order valence-corrected chi connectivity index (χ3v) is 5.70. The second-order valence-corrected chi connectivity index (χ2v) is 7.52. The molecular formula is C26H26N2O9. The van der Waals surface area contributed by atoms with Gasteiger partial charge in [-0.05, 0) is 35.9 Å². The molecule has 1 atom stereocenters. The van der Waals surface area contributed by atoms with Crippen LogP contribution in [0.3, 0.4) is 0 Å². The average Bonchev–Trinajstić information content (AvgIpc) is 2.94. The van der Waals surface area contributed by atoms with Gasteiger partial charge in [0.1, 0.15) is 11.6 Å². The fourth-order valence-corrected chi connectivity index (χ4v) is 3.97. The molecule has 2 aromatic rings. The van der Waals surface area contributed by atoms with Gasteiger partial charge in [-0.2, -0.15) is 5.26 Å². The summed E-state index contributed by atoms with van der Waals surface area (Å²) >= 11 is 0. The number of allylic oxidation sites excluding steroid dienone is 2. The summed E-state index contributed by atoms with van der Waals surface area (Å²) in [5.41, 5.74) is 6.23. The highest BCUT2D eigenvalue weighted by Gasteiger charge is 2.41. The first-order valence-corrected chi connectivity index (χ1v) is 10.8. The van der Waals surface area contributed by atoms with Crippen LogP contribution in [-0.2, 0) is 14.3 Å². The monoisotopic (exact) mass is 510 g/mol. The number of Topliss-reactive ketones (excluding diaryl/α,β-unsaturated/α-hetero) is 1. The van der Waals surface area contributed by atoms with Crippen LogP contribution in [0.25, 0.3) is 0 Å². The molecule has 0 saturated heterocycles. The van der Waals surface area contributed by atoms with E-state index in [1.54, 1.807) is 12.1 Å². The average molecular weight is 510 g/mol. The summed E-state index contributed by atoms with van der Waals surface area (Å²) in [7, 11) is 8.29. The zero-order valence-corrected chi connectivity index (χ0v) is 21.2. The standard InChI is InChI=1S/C26H26N2O9/c1-31-16-8-7-13(9-17(16)32-2)22(29)21-20(15(12-27)25(28)37-24(21)26(30)36-6)14-10-18(33-3)23(35-5)19(11-14)34-4/h7-11,20H,28H2,1-6H3. The van der Waals surface area contributed by atoms with Crippen molar-refractivity contribution in [3.63, 3.8) is 0 Å². The lowest BCUT2D eigenvalue weighted by atomic mass is 9.79. The fraction of sp³-hybridized carbons (Fsp3) is 0.269. The molecule has 1 aliphatic heterocycles. The lowest BCUT2D eigenvalue weighted by Gasteiger charge is -2.28. The summed E-state index contributed by atoms with van der Waals surface area (Å²) in [6, 6.07) is 9.58. The van der Waals surface area contributed by atoms with Crippen molar-refractivity contribution in [2.24, 2.45) is 5.73 Å². The van der Waals surface area contributed by atoms with Gasteiger partial charge in [-0.15, -0.1) is 0 Å². The molecule has 1 unspecified atom stereocenters. The van der Waals surface area contributed by atoms with E-state index in [2.05, 4.69) is 0 Å². The predicted molar refractivity (Wildman–Crippen MR) is 130 cm³/mol. The van der Waals surface area contributed by atoms with Crippen molar-refractivity contribution in [1.82, 2.24) is 0 Å². The van der Waals surface area contributed by atoms with E-state index in [1.807, 2.05) is 6.07 Å². The lowest BCUT2D eigenvalue weighted by molar-refractivity contribution is -0.139. The van der Waals surface area contributed by atoms with Crippen molar-refractivity contribution in [3.8, 4) is 34.8 Å². The number of methoxy groups -OCH3 is 6. The SMILES string of the molecule is COC(=O)C1=C(C(=O)c2ccc(OC)c(OC)c2)C(c2cc(OC)c(OC)c(OC)c2)C(C#N)=C(N)O1. The van der Waals surface area contributed by atoms with Crippen LogP contribution in [0.1, 0.15) is 21.8 Å². The van der Waals surface area contributed by atoms with Gasteiger partial charge in [0.05, 0.1) is 54.1 Å². The third-order valence-electron chi connectivity index (χ3n) is 5.70. The van der Waals surface area contributed by atoms with Crippen molar-refractivity contribution < 1.29 is 42.7 Å². The van der Waals surface area contributed by atoms with Crippen LogP contribution in [0.5, 0.6) is 28.7 Å². The maximum Gasteiger partial charge on any atom is 0.374 e. The molecule has 3 rings (SSSR count). The van der Waals surface area contributed by atoms with E-state index in [4.69, 9.17) is 38.9 Å². The fourth-order valence-electron chi connectivity index (χ4n) is 3.97. The Labute approximate surface area is 213 Å². The molecule has 2 N–H and O–H groups in total. The molecule has 0 amide bonds. The lowest BCUT2D eigenvalue weighted by Crippen LogP contribution is -2.28. The van der Waals surface area contributed by atoms with Crippen molar-refractivity contribution in [2.45, 2.75) is 5.92 Å². The number of nitrogens with two attached hydrogens (primary N) is 1. The van der Waals surface area contributed by atoms with Gasteiger partial charge < -0.3 is 38.9 Å². The Bertz CT molecular complexity index is 1310. The molecule has 0 aliphatic carbocycles. The zero-order chi connectivity index (χ0) is 27.3. The molecule has 2 aromatic carbocycles. The summed E-state index contributed by atoms with van der Waals surface area (Å²) in [6.07, 6.45) is 0. The Morgan fingerprint density at radius 3 is 1.95 bits per heavy atom. The first kappa shape index (κ1) is 26.7. The number of carbonyl (C=O) groups excluding carboxylic acids is 2. The number of nitrogens with zero attached hydrogens (tertiary/aromatic N) is 1. The second-order valence-electron chi connectivity index (χ2n) is 7.52. The van der Waals surface area contributed by atoms with E-state index in [0.717, 1.165) is 7.11 Å². The maximum atomic E-state index is 14.0. The molecule has 0 radical (unpaired) electrons. The molecule has 1 aliphatic rings. The van der Waals surface area contributed by atoms with Crippen molar-refractivity contribution >= 4 is 11.8 Å². The quantitative estimate of drug-likeness (QED) is 0.392. The van der Waals surface area contributed by atoms with Gasteiger partial charge in [0.15, 0.2) is 28.8 Å². The Morgan fingerprint density at radius 2 is 1.46 bits per heavy atom. The number of hydrogen-bond acceptors (Lipinski definition) is 11. The highest BCUT2D eigenvalue weighted by Crippen LogP contribution is 2.46.